The predicted octanol–water partition coefficient (Wildman–Crippen LogP) is 1.82. The molecular weight excluding hydrogens is 260 g/mol. The molecule has 0 bridgehead atoms. The van der Waals surface area contributed by atoms with Crippen LogP contribution < -0.4 is 10.7 Å². The lowest BCUT2D eigenvalue weighted by atomic mass is 10.1. The highest BCUT2D eigenvalue weighted by atomic mass is 32.1. The number of aromatic amines is 1. The first kappa shape index (κ1) is 13.9. The van der Waals surface area contributed by atoms with Crippen LogP contribution >= 0.6 is 11.3 Å². The van der Waals surface area contributed by atoms with Crippen LogP contribution in [0.4, 0.5) is 0 Å². The van der Waals surface area contributed by atoms with E-state index in [0.29, 0.717) is 10.6 Å². The van der Waals surface area contributed by atoms with Gasteiger partial charge in [0.15, 0.2) is 10.4 Å². The zero-order valence-electron chi connectivity index (χ0n) is 11.4. The Bertz CT molecular complexity index is 597. The van der Waals surface area contributed by atoms with Gasteiger partial charge in [0.2, 0.25) is 0 Å². The van der Waals surface area contributed by atoms with E-state index in [1.165, 1.54) is 17.4 Å². The standard InChI is InChI=1S/C13H18N4OS/c1-13(2,3)15-7-5-11-16-17-12(19-11)9-8-14-6-4-10(9)18/h4,6,8,15H,5,7H2,1-3H3,(H,14,18). The van der Waals surface area contributed by atoms with E-state index in [0.717, 1.165) is 18.0 Å². The monoisotopic (exact) mass is 278 g/mol. The highest BCUT2D eigenvalue weighted by Crippen LogP contribution is 2.19. The van der Waals surface area contributed by atoms with E-state index in [1.54, 1.807) is 12.4 Å². The summed E-state index contributed by atoms with van der Waals surface area (Å²) < 4.78 is 0. The number of nitrogens with one attached hydrogen (secondary N) is 2. The summed E-state index contributed by atoms with van der Waals surface area (Å²) in [4.78, 5) is 14.6. The first-order valence-corrected chi connectivity index (χ1v) is 7.02. The highest BCUT2D eigenvalue weighted by molar-refractivity contribution is 7.14. The van der Waals surface area contributed by atoms with Crippen LogP contribution in [0.25, 0.3) is 10.6 Å². The fourth-order valence-electron chi connectivity index (χ4n) is 1.59. The fraction of sp³-hybridized carbons (Fsp3) is 0.462. The Morgan fingerprint density at radius 2 is 2.16 bits per heavy atom. The van der Waals surface area contributed by atoms with Crippen molar-refractivity contribution in [3.8, 4) is 10.6 Å². The second-order valence-corrected chi connectivity index (χ2v) is 6.41. The number of pyridine rings is 1. The molecule has 0 aliphatic heterocycles. The van der Waals surface area contributed by atoms with E-state index in [2.05, 4.69) is 41.3 Å². The smallest absolute Gasteiger partial charge is 0.191 e. The third-order valence-electron chi connectivity index (χ3n) is 2.52. The van der Waals surface area contributed by atoms with Gasteiger partial charge in [-0.2, -0.15) is 0 Å². The van der Waals surface area contributed by atoms with Crippen LogP contribution in [-0.2, 0) is 6.42 Å². The molecule has 102 valence electrons. The summed E-state index contributed by atoms with van der Waals surface area (Å²) in [6.45, 7) is 7.23. The molecule has 2 aromatic heterocycles. The first-order valence-electron chi connectivity index (χ1n) is 6.20. The minimum Gasteiger partial charge on any atom is -0.367 e. The summed E-state index contributed by atoms with van der Waals surface area (Å²) in [5, 5.41) is 13.2. The minimum absolute atomic E-state index is 0.0331. The Morgan fingerprint density at radius 3 is 2.84 bits per heavy atom. The summed E-state index contributed by atoms with van der Waals surface area (Å²) in [6, 6.07) is 1.50. The largest absolute Gasteiger partial charge is 0.367 e. The van der Waals surface area contributed by atoms with Gasteiger partial charge in [0.25, 0.3) is 0 Å². The number of hydrogen-bond donors (Lipinski definition) is 2. The van der Waals surface area contributed by atoms with Crippen LogP contribution in [0.2, 0.25) is 0 Å². The Labute approximate surface area is 116 Å². The van der Waals surface area contributed by atoms with Crippen LogP contribution in [0.15, 0.2) is 23.3 Å². The van der Waals surface area contributed by atoms with Crippen LogP contribution in [0.5, 0.6) is 0 Å². The zero-order valence-corrected chi connectivity index (χ0v) is 12.2. The van der Waals surface area contributed by atoms with Crippen molar-refractivity contribution in [2.75, 3.05) is 6.54 Å². The Balaban J connectivity index is 2.04. The van der Waals surface area contributed by atoms with Gasteiger partial charge in [0.05, 0.1) is 5.56 Å². The van der Waals surface area contributed by atoms with Crippen LogP contribution in [0.3, 0.4) is 0 Å². The van der Waals surface area contributed by atoms with E-state index in [-0.39, 0.29) is 11.0 Å². The number of aromatic nitrogens is 3. The molecule has 5 nitrogen and oxygen atoms in total. The maximum absolute atomic E-state index is 11.7. The lowest BCUT2D eigenvalue weighted by Gasteiger charge is -2.19. The normalized spacial score (nSPS) is 11.7. The minimum atomic E-state index is -0.0331. The van der Waals surface area contributed by atoms with Gasteiger partial charge in [-0.3, -0.25) is 4.79 Å². The number of rotatable bonds is 4. The SMILES string of the molecule is CC(C)(C)NCCc1nnc(-c2c[nH]ccc2=O)s1. The summed E-state index contributed by atoms with van der Waals surface area (Å²) in [5.41, 5.74) is 0.647. The lowest BCUT2D eigenvalue weighted by molar-refractivity contribution is 0.429. The van der Waals surface area contributed by atoms with Crippen LogP contribution in [0, 0.1) is 0 Å². The van der Waals surface area contributed by atoms with Crippen molar-refractivity contribution in [3.63, 3.8) is 0 Å². The molecule has 0 aromatic carbocycles. The Hall–Kier alpha value is -1.53. The number of H-pyrrole nitrogens is 1. The number of nitrogens with zero attached hydrogens (tertiary/aromatic N) is 2. The van der Waals surface area contributed by atoms with E-state index in [1.807, 2.05) is 0 Å². The van der Waals surface area contributed by atoms with Gasteiger partial charge in [-0.1, -0.05) is 11.3 Å². The van der Waals surface area contributed by atoms with Gasteiger partial charge in [-0.05, 0) is 20.8 Å². The van der Waals surface area contributed by atoms with Gasteiger partial charge in [0.1, 0.15) is 5.01 Å². The maximum Gasteiger partial charge on any atom is 0.191 e. The third kappa shape index (κ3) is 3.97. The average molecular weight is 278 g/mol. The van der Waals surface area contributed by atoms with Crippen LogP contribution in [0.1, 0.15) is 25.8 Å². The summed E-state index contributed by atoms with van der Waals surface area (Å²) >= 11 is 1.47. The van der Waals surface area contributed by atoms with Gasteiger partial charge in [0, 0.05) is 37.0 Å². The molecule has 0 atom stereocenters. The molecule has 2 aromatic rings. The van der Waals surface area contributed by atoms with E-state index in [4.69, 9.17) is 0 Å². The zero-order chi connectivity index (χ0) is 13.9. The molecular formula is C13H18N4OS. The molecule has 2 rings (SSSR count). The van der Waals surface area contributed by atoms with E-state index in [9.17, 15) is 4.79 Å². The van der Waals surface area contributed by atoms with Crippen molar-refractivity contribution in [1.82, 2.24) is 20.5 Å². The molecule has 0 radical (unpaired) electrons. The lowest BCUT2D eigenvalue weighted by Crippen LogP contribution is -2.37. The summed E-state index contributed by atoms with van der Waals surface area (Å²) in [7, 11) is 0. The van der Waals surface area contributed by atoms with Crippen molar-refractivity contribution < 1.29 is 0 Å². The molecule has 2 N–H and O–H groups in total. The molecule has 0 spiro atoms. The molecule has 0 saturated heterocycles. The Kier molecular flexibility index (Phi) is 4.11. The maximum atomic E-state index is 11.7. The van der Waals surface area contributed by atoms with Gasteiger partial charge in [-0.25, -0.2) is 0 Å². The van der Waals surface area contributed by atoms with Crippen LogP contribution in [-0.4, -0.2) is 27.3 Å². The quantitative estimate of drug-likeness (QED) is 0.895. The highest BCUT2D eigenvalue weighted by Gasteiger charge is 2.11. The third-order valence-corrected chi connectivity index (χ3v) is 3.53. The molecule has 0 fully saturated rings. The molecule has 0 aliphatic carbocycles. The van der Waals surface area contributed by atoms with Gasteiger partial charge in [-0.15, -0.1) is 10.2 Å². The van der Waals surface area contributed by atoms with Crippen molar-refractivity contribution in [2.45, 2.75) is 32.7 Å². The summed E-state index contributed by atoms with van der Waals surface area (Å²) in [6.07, 6.45) is 4.10. The summed E-state index contributed by atoms with van der Waals surface area (Å²) in [5.74, 6) is 0. The molecule has 0 unspecified atom stereocenters. The molecule has 2 heterocycles. The molecule has 0 saturated carbocycles. The van der Waals surface area contributed by atoms with E-state index < -0.39 is 0 Å². The molecule has 19 heavy (non-hydrogen) atoms. The Morgan fingerprint density at radius 1 is 1.37 bits per heavy atom. The molecule has 6 heteroatoms. The molecule has 0 amide bonds. The van der Waals surface area contributed by atoms with Gasteiger partial charge < -0.3 is 10.3 Å². The topological polar surface area (TPSA) is 70.7 Å². The second-order valence-electron chi connectivity index (χ2n) is 5.35. The fourth-order valence-corrected chi connectivity index (χ4v) is 2.45. The van der Waals surface area contributed by atoms with Crippen molar-refractivity contribution in [2.24, 2.45) is 0 Å². The average Bonchev–Trinajstić information content (AvgIpc) is 2.76. The van der Waals surface area contributed by atoms with E-state index >= 15 is 0 Å². The van der Waals surface area contributed by atoms with Crippen molar-refractivity contribution in [1.29, 1.82) is 0 Å². The molecule has 0 aliphatic rings. The second kappa shape index (κ2) is 5.63. The number of hydrogen-bond acceptors (Lipinski definition) is 5. The predicted molar refractivity (Wildman–Crippen MR) is 77.4 cm³/mol. The van der Waals surface area contributed by atoms with Crippen molar-refractivity contribution >= 4 is 11.3 Å². The van der Waals surface area contributed by atoms with Crippen molar-refractivity contribution in [3.05, 3.63) is 33.7 Å². The first-order chi connectivity index (χ1) is 8.96. The van der Waals surface area contributed by atoms with Gasteiger partial charge >= 0.3 is 0 Å².